The summed E-state index contributed by atoms with van der Waals surface area (Å²) in [4.78, 5) is 22.3. The molecule has 0 saturated carbocycles. The van der Waals surface area contributed by atoms with Crippen molar-refractivity contribution in [2.24, 2.45) is 5.92 Å². The van der Waals surface area contributed by atoms with Crippen molar-refractivity contribution in [1.29, 1.82) is 0 Å². The summed E-state index contributed by atoms with van der Waals surface area (Å²) < 4.78 is 0. The van der Waals surface area contributed by atoms with Gasteiger partial charge in [0.15, 0.2) is 10.9 Å². The molecule has 0 radical (unpaired) electrons. The average molecular weight is 198 g/mol. The summed E-state index contributed by atoms with van der Waals surface area (Å²) in [6.45, 7) is 3.89. The van der Waals surface area contributed by atoms with Crippen molar-refractivity contribution in [3.63, 3.8) is 0 Å². The molecule has 2 nitrogen and oxygen atoms in total. The number of hydrogen-bond acceptors (Lipinski definition) is 3. The number of rotatable bonds is 3. The lowest BCUT2D eigenvalue weighted by molar-refractivity contribution is -0.114. The van der Waals surface area contributed by atoms with Crippen LogP contribution in [0.15, 0.2) is 11.6 Å². The van der Waals surface area contributed by atoms with Gasteiger partial charge in [-0.25, -0.2) is 0 Å². The van der Waals surface area contributed by atoms with Crippen molar-refractivity contribution in [1.82, 2.24) is 0 Å². The molecule has 0 fully saturated rings. The maximum Gasteiger partial charge on any atom is 0.189 e. The largest absolute Gasteiger partial charge is 0.295 e. The van der Waals surface area contributed by atoms with Gasteiger partial charge >= 0.3 is 0 Å². The molecule has 0 heterocycles. The molecule has 0 aromatic heterocycles. The topological polar surface area (TPSA) is 34.1 Å². The molecular weight excluding hydrogens is 184 g/mol. The van der Waals surface area contributed by atoms with Crippen LogP contribution in [0.5, 0.6) is 0 Å². The molecule has 0 aromatic rings. The predicted octanol–water partition coefficient (Wildman–Crippen LogP) is 2.19. The van der Waals surface area contributed by atoms with Crippen molar-refractivity contribution < 1.29 is 9.59 Å². The molecule has 1 atom stereocenters. The summed E-state index contributed by atoms with van der Waals surface area (Å²) in [5.41, 5.74) is 1.06. The third kappa shape index (κ3) is 2.99. The standard InChI is InChI=1S/C10H14O2S/c1-3-13-10(12)6-8-5-9(11)4-7(8)2/h4,8H,3,5-6H2,1-2H3/t8-/m0/s1. The molecule has 1 aliphatic rings. The van der Waals surface area contributed by atoms with Gasteiger partial charge in [-0.15, -0.1) is 0 Å². The molecule has 13 heavy (non-hydrogen) atoms. The Morgan fingerprint density at radius 2 is 2.38 bits per heavy atom. The maximum absolute atomic E-state index is 11.3. The third-order valence-corrected chi connectivity index (χ3v) is 2.98. The van der Waals surface area contributed by atoms with E-state index in [-0.39, 0.29) is 16.8 Å². The first-order chi connectivity index (χ1) is 6.13. The van der Waals surface area contributed by atoms with Crippen LogP contribution in [0.4, 0.5) is 0 Å². The van der Waals surface area contributed by atoms with E-state index in [2.05, 4.69) is 0 Å². The van der Waals surface area contributed by atoms with Crippen molar-refractivity contribution in [2.45, 2.75) is 26.7 Å². The Hall–Kier alpha value is -0.570. The molecule has 0 aromatic carbocycles. The van der Waals surface area contributed by atoms with E-state index < -0.39 is 0 Å². The van der Waals surface area contributed by atoms with Gasteiger partial charge in [0.05, 0.1) is 0 Å². The van der Waals surface area contributed by atoms with Crippen LogP contribution in [0.3, 0.4) is 0 Å². The van der Waals surface area contributed by atoms with E-state index in [4.69, 9.17) is 0 Å². The van der Waals surface area contributed by atoms with Gasteiger partial charge in [-0.1, -0.05) is 24.3 Å². The summed E-state index contributed by atoms with van der Waals surface area (Å²) in [7, 11) is 0. The number of carbonyl (C=O) groups excluding carboxylic acids is 2. The Morgan fingerprint density at radius 3 is 2.85 bits per heavy atom. The Balaban J connectivity index is 2.43. The van der Waals surface area contributed by atoms with E-state index in [1.165, 1.54) is 11.8 Å². The normalized spacial score (nSPS) is 21.8. The van der Waals surface area contributed by atoms with Gasteiger partial charge in [-0.3, -0.25) is 9.59 Å². The molecule has 0 N–H and O–H groups in total. The van der Waals surface area contributed by atoms with Crippen LogP contribution in [0.25, 0.3) is 0 Å². The van der Waals surface area contributed by atoms with Gasteiger partial charge in [0.1, 0.15) is 0 Å². The van der Waals surface area contributed by atoms with E-state index in [0.29, 0.717) is 12.8 Å². The Kier molecular flexibility index (Phi) is 3.72. The van der Waals surface area contributed by atoms with E-state index >= 15 is 0 Å². The monoisotopic (exact) mass is 198 g/mol. The first-order valence-electron chi connectivity index (χ1n) is 4.50. The Bertz CT molecular complexity index is 256. The van der Waals surface area contributed by atoms with Crippen molar-refractivity contribution in [3.8, 4) is 0 Å². The molecule has 0 unspecified atom stereocenters. The molecule has 0 bridgehead atoms. The minimum atomic E-state index is 0.164. The molecular formula is C10H14O2S. The smallest absolute Gasteiger partial charge is 0.189 e. The fraction of sp³-hybridized carbons (Fsp3) is 0.600. The van der Waals surface area contributed by atoms with Crippen LogP contribution >= 0.6 is 11.8 Å². The molecule has 0 spiro atoms. The van der Waals surface area contributed by atoms with Gasteiger partial charge in [-0.2, -0.15) is 0 Å². The highest BCUT2D eigenvalue weighted by Gasteiger charge is 2.23. The molecule has 1 aliphatic carbocycles. The van der Waals surface area contributed by atoms with E-state index in [0.717, 1.165) is 11.3 Å². The third-order valence-electron chi connectivity index (χ3n) is 2.20. The molecule has 0 saturated heterocycles. The van der Waals surface area contributed by atoms with Gasteiger partial charge in [-0.05, 0) is 24.7 Å². The molecule has 3 heteroatoms. The van der Waals surface area contributed by atoms with Gasteiger partial charge in [0.25, 0.3) is 0 Å². The summed E-state index contributed by atoms with van der Waals surface area (Å²) >= 11 is 1.34. The number of ketones is 1. The molecule has 0 aliphatic heterocycles. The minimum absolute atomic E-state index is 0.164. The molecule has 0 amide bonds. The first kappa shape index (κ1) is 10.5. The Morgan fingerprint density at radius 1 is 1.69 bits per heavy atom. The minimum Gasteiger partial charge on any atom is -0.295 e. The van der Waals surface area contributed by atoms with E-state index in [9.17, 15) is 9.59 Å². The number of carbonyl (C=O) groups is 2. The maximum atomic E-state index is 11.3. The zero-order chi connectivity index (χ0) is 9.84. The van der Waals surface area contributed by atoms with Crippen LogP contribution < -0.4 is 0 Å². The predicted molar refractivity (Wildman–Crippen MR) is 54.6 cm³/mol. The zero-order valence-electron chi connectivity index (χ0n) is 8.00. The fourth-order valence-electron chi connectivity index (χ4n) is 1.49. The highest BCUT2D eigenvalue weighted by atomic mass is 32.2. The van der Waals surface area contributed by atoms with Crippen LogP contribution in [-0.2, 0) is 9.59 Å². The van der Waals surface area contributed by atoms with Gasteiger partial charge < -0.3 is 0 Å². The SMILES string of the molecule is CCSC(=O)C[C@@H]1CC(=O)C=C1C. The van der Waals surface area contributed by atoms with Crippen molar-refractivity contribution >= 4 is 22.7 Å². The van der Waals surface area contributed by atoms with E-state index in [1.807, 2.05) is 13.8 Å². The molecule has 1 rings (SSSR count). The quantitative estimate of drug-likeness (QED) is 0.697. The summed E-state index contributed by atoms with van der Waals surface area (Å²) in [6.07, 6.45) is 2.71. The lowest BCUT2D eigenvalue weighted by Crippen LogP contribution is -2.05. The second kappa shape index (κ2) is 4.61. The van der Waals surface area contributed by atoms with E-state index in [1.54, 1.807) is 6.08 Å². The van der Waals surface area contributed by atoms with Gasteiger partial charge in [0.2, 0.25) is 0 Å². The zero-order valence-corrected chi connectivity index (χ0v) is 8.82. The fourth-order valence-corrected chi connectivity index (χ4v) is 2.13. The van der Waals surface area contributed by atoms with Crippen LogP contribution in [0.2, 0.25) is 0 Å². The summed E-state index contributed by atoms with van der Waals surface area (Å²) in [6, 6.07) is 0. The van der Waals surface area contributed by atoms with Crippen molar-refractivity contribution in [3.05, 3.63) is 11.6 Å². The summed E-state index contributed by atoms with van der Waals surface area (Å²) in [5, 5.41) is 0.204. The van der Waals surface area contributed by atoms with Crippen molar-refractivity contribution in [2.75, 3.05) is 5.75 Å². The van der Waals surface area contributed by atoms with Crippen LogP contribution in [0.1, 0.15) is 26.7 Å². The number of hydrogen-bond donors (Lipinski definition) is 0. The second-order valence-corrected chi connectivity index (χ2v) is 4.59. The second-order valence-electron chi connectivity index (χ2n) is 3.26. The molecule has 72 valence electrons. The first-order valence-corrected chi connectivity index (χ1v) is 5.48. The highest BCUT2D eigenvalue weighted by molar-refractivity contribution is 8.13. The lowest BCUT2D eigenvalue weighted by Gasteiger charge is -2.08. The van der Waals surface area contributed by atoms with Crippen LogP contribution in [-0.4, -0.2) is 16.7 Å². The average Bonchev–Trinajstić information content (AvgIpc) is 2.30. The number of thioether (sulfide) groups is 1. The van der Waals surface area contributed by atoms with Crippen LogP contribution in [0, 0.1) is 5.92 Å². The highest BCUT2D eigenvalue weighted by Crippen LogP contribution is 2.27. The lowest BCUT2D eigenvalue weighted by atomic mass is 10.00. The van der Waals surface area contributed by atoms with Gasteiger partial charge in [0, 0.05) is 12.8 Å². The number of allylic oxidation sites excluding steroid dienone is 2. The summed E-state index contributed by atoms with van der Waals surface area (Å²) in [5.74, 6) is 1.17. The Labute approximate surface area is 82.8 Å².